The smallest absolute Gasteiger partial charge is 0.183 e. The largest absolute Gasteiger partial charge is 0.508 e. The Balaban J connectivity index is 2.20. The number of hydrogen-bond acceptors (Lipinski definition) is 4. The van der Waals surface area contributed by atoms with Crippen LogP contribution < -0.4 is 5.32 Å². The summed E-state index contributed by atoms with van der Waals surface area (Å²) in [5, 5.41) is 15.3. The van der Waals surface area contributed by atoms with E-state index in [9.17, 15) is 9.50 Å². The van der Waals surface area contributed by atoms with Crippen LogP contribution in [-0.2, 0) is 0 Å². The maximum atomic E-state index is 13.0. The molecule has 0 aliphatic carbocycles. The standard InChI is InChI=1S/C11H11FN2OS/c1-7(14-11-13-4-5-16-11)9-6-8(12)2-3-10(9)15/h2-7,15H,1H3,(H,13,14). The second-order valence-corrected chi connectivity index (χ2v) is 4.30. The summed E-state index contributed by atoms with van der Waals surface area (Å²) in [4.78, 5) is 4.07. The molecular formula is C11H11FN2OS. The molecule has 1 aromatic heterocycles. The molecule has 1 heterocycles. The van der Waals surface area contributed by atoms with Crippen molar-refractivity contribution < 1.29 is 9.50 Å². The highest BCUT2D eigenvalue weighted by atomic mass is 32.1. The third kappa shape index (κ3) is 2.30. The fourth-order valence-electron chi connectivity index (χ4n) is 1.43. The van der Waals surface area contributed by atoms with Gasteiger partial charge in [-0.05, 0) is 25.1 Å². The number of phenolic OH excluding ortho intramolecular Hbond substituents is 1. The van der Waals surface area contributed by atoms with Gasteiger partial charge in [-0.1, -0.05) is 0 Å². The minimum Gasteiger partial charge on any atom is -0.508 e. The number of nitrogens with zero attached hydrogens (tertiary/aromatic N) is 1. The number of phenols is 1. The van der Waals surface area contributed by atoms with Crippen molar-refractivity contribution in [2.45, 2.75) is 13.0 Å². The van der Waals surface area contributed by atoms with E-state index < -0.39 is 0 Å². The van der Waals surface area contributed by atoms with Gasteiger partial charge < -0.3 is 10.4 Å². The van der Waals surface area contributed by atoms with Crippen LogP contribution in [0.5, 0.6) is 5.75 Å². The number of aromatic hydroxyl groups is 1. The third-order valence-corrected chi connectivity index (χ3v) is 2.93. The van der Waals surface area contributed by atoms with Crippen LogP contribution in [0.3, 0.4) is 0 Å². The summed E-state index contributed by atoms with van der Waals surface area (Å²) in [6.45, 7) is 1.84. The fraction of sp³-hybridized carbons (Fsp3) is 0.182. The number of halogens is 1. The first kappa shape index (κ1) is 10.9. The molecule has 0 spiro atoms. The molecule has 1 aromatic carbocycles. The van der Waals surface area contributed by atoms with Gasteiger partial charge in [0.25, 0.3) is 0 Å². The van der Waals surface area contributed by atoms with Gasteiger partial charge in [-0.3, -0.25) is 0 Å². The van der Waals surface area contributed by atoms with E-state index in [1.807, 2.05) is 12.3 Å². The van der Waals surface area contributed by atoms with Crippen molar-refractivity contribution in [1.82, 2.24) is 4.98 Å². The Morgan fingerprint density at radius 3 is 3.00 bits per heavy atom. The van der Waals surface area contributed by atoms with Crippen molar-refractivity contribution in [1.29, 1.82) is 0 Å². The highest BCUT2D eigenvalue weighted by Crippen LogP contribution is 2.28. The first-order valence-electron chi connectivity index (χ1n) is 4.81. The lowest BCUT2D eigenvalue weighted by molar-refractivity contribution is 0.462. The van der Waals surface area contributed by atoms with Crippen molar-refractivity contribution in [2.24, 2.45) is 0 Å². The highest BCUT2D eigenvalue weighted by Gasteiger charge is 2.12. The zero-order valence-electron chi connectivity index (χ0n) is 8.64. The normalized spacial score (nSPS) is 12.4. The van der Waals surface area contributed by atoms with Crippen LogP contribution >= 0.6 is 11.3 Å². The van der Waals surface area contributed by atoms with E-state index in [0.717, 1.165) is 5.13 Å². The van der Waals surface area contributed by atoms with Crippen LogP contribution in [0.25, 0.3) is 0 Å². The number of thiazole rings is 1. The molecule has 2 rings (SSSR count). The molecule has 0 aliphatic rings. The third-order valence-electron chi connectivity index (χ3n) is 2.23. The van der Waals surface area contributed by atoms with Crippen LogP contribution in [0, 0.1) is 5.82 Å². The second-order valence-electron chi connectivity index (χ2n) is 3.41. The molecule has 0 saturated carbocycles. The van der Waals surface area contributed by atoms with Crippen molar-refractivity contribution in [3.8, 4) is 5.75 Å². The lowest BCUT2D eigenvalue weighted by Crippen LogP contribution is -2.06. The summed E-state index contributed by atoms with van der Waals surface area (Å²) < 4.78 is 13.0. The van der Waals surface area contributed by atoms with Crippen LogP contribution in [0.2, 0.25) is 0 Å². The Labute approximate surface area is 96.6 Å². The average molecular weight is 238 g/mol. The van der Waals surface area contributed by atoms with Gasteiger partial charge in [0.1, 0.15) is 11.6 Å². The average Bonchev–Trinajstić information content (AvgIpc) is 2.74. The quantitative estimate of drug-likeness (QED) is 0.863. The summed E-state index contributed by atoms with van der Waals surface area (Å²) in [5.41, 5.74) is 0.523. The summed E-state index contributed by atoms with van der Waals surface area (Å²) in [6.07, 6.45) is 1.69. The number of benzene rings is 1. The first-order valence-corrected chi connectivity index (χ1v) is 5.69. The minimum atomic E-state index is -0.361. The van der Waals surface area contributed by atoms with Gasteiger partial charge in [-0.15, -0.1) is 11.3 Å². The van der Waals surface area contributed by atoms with Gasteiger partial charge in [0.15, 0.2) is 5.13 Å². The predicted octanol–water partition coefficient (Wildman–Crippen LogP) is 3.16. The van der Waals surface area contributed by atoms with Crippen molar-refractivity contribution in [3.63, 3.8) is 0 Å². The first-order chi connectivity index (χ1) is 7.66. The Morgan fingerprint density at radius 1 is 1.50 bits per heavy atom. The molecule has 1 atom stereocenters. The Morgan fingerprint density at radius 2 is 2.31 bits per heavy atom. The Kier molecular flexibility index (Phi) is 3.05. The topological polar surface area (TPSA) is 45.2 Å². The molecule has 0 saturated heterocycles. The van der Waals surface area contributed by atoms with Crippen LogP contribution in [0.1, 0.15) is 18.5 Å². The second kappa shape index (κ2) is 4.49. The lowest BCUT2D eigenvalue weighted by atomic mass is 10.1. The SMILES string of the molecule is CC(Nc1nccs1)c1cc(F)ccc1O. The zero-order valence-corrected chi connectivity index (χ0v) is 9.46. The van der Waals surface area contributed by atoms with Gasteiger partial charge in [0, 0.05) is 17.1 Å². The van der Waals surface area contributed by atoms with E-state index in [-0.39, 0.29) is 17.6 Å². The summed E-state index contributed by atoms with van der Waals surface area (Å²) in [6, 6.07) is 3.71. The van der Waals surface area contributed by atoms with Gasteiger partial charge in [-0.2, -0.15) is 0 Å². The highest BCUT2D eigenvalue weighted by molar-refractivity contribution is 7.13. The van der Waals surface area contributed by atoms with E-state index in [2.05, 4.69) is 10.3 Å². The summed E-state index contributed by atoms with van der Waals surface area (Å²) >= 11 is 1.46. The number of rotatable bonds is 3. The van der Waals surface area contributed by atoms with Gasteiger partial charge in [0.05, 0.1) is 6.04 Å². The maximum Gasteiger partial charge on any atom is 0.183 e. The van der Waals surface area contributed by atoms with Crippen molar-refractivity contribution in [2.75, 3.05) is 5.32 Å². The van der Waals surface area contributed by atoms with E-state index in [1.54, 1.807) is 6.20 Å². The molecule has 0 radical (unpaired) electrons. The zero-order chi connectivity index (χ0) is 11.5. The fourth-order valence-corrected chi connectivity index (χ4v) is 2.05. The number of nitrogens with one attached hydrogen (secondary N) is 1. The molecule has 3 nitrogen and oxygen atoms in total. The monoisotopic (exact) mass is 238 g/mol. The summed E-state index contributed by atoms with van der Waals surface area (Å²) in [5.74, 6) is -0.279. The summed E-state index contributed by atoms with van der Waals surface area (Å²) in [7, 11) is 0. The minimum absolute atomic E-state index is 0.0814. The number of hydrogen-bond donors (Lipinski definition) is 2. The van der Waals surface area contributed by atoms with Crippen molar-refractivity contribution >= 4 is 16.5 Å². The predicted molar refractivity (Wildman–Crippen MR) is 62.2 cm³/mol. The molecule has 0 aliphatic heterocycles. The number of anilines is 1. The Hall–Kier alpha value is -1.62. The van der Waals surface area contributed by atoms with Gasteiger partial charge >= 0.3 is 0 Å². The molecule has 0 amide bonds. The van der Waals surface area contributed by atoms with Crippen LogP contribution in [0.15, 0.2) is 29.8 Å². The molecule has 84 valence electrons. The molecule has 1 unspecified atom stereocenters. The molecule has 2 N–H and O–H groups in total. The maximum absolute atomic E-state index is 13.0. The Bertz CT molecular complexity index is 473. The lowest BCUT2D eigenvalue weighted by Gasteiger charge is -2.14. The van der Waals surface area contributed by atoms with E-state index in [4.69, 9.17) is 0 Å². The molecule has 5 heteroatoms. The van der Waals surface area contributed by atoms with Gasteiger partial charge in [-0.25, -0.2) is 9.37 Å². The molecule has 16 heavy (non-hydrogen) atoms. The van der Waals surface area contributed by atoms with E-state index in [0.29, 0.717) is 5.56 Å². The molecule has 0 bridgehead atoms. The van der Waals surface area contributed by atoms with Gasteiger partial charge in [0.2, 0.25) is 0 Å². The van der Waals surface area contributed by atoms with Crippen LogP contribution in [0.4, 0.5) is 9.52 Å². The van der Waals surface area contributed by atoms with Crippen molar-refractivity contribution in [3.05, 3.63) is 41.2 Å². The molecule has 0 fully saturated rings. The van der Waals surface area contributed by atoms with E-state index in [1.165, 1.54) is 29.5 Å². The molecule has 2 aromatic rings. The van der Waals surface area contributed by atoms with Crippen LogP contribution in [-0.4, -0.2) is 10.1 Å². The molecular weight excluding hydrogens is 227 g/mol. The number of aromatic nitrogens is 1. The van der Waals surface area contributed by atoms with E-state index >= 15 is 0 Å².